The molecular weight excluding hydrogens is 324 g/mol. The van der Waals surface area contributed by atoms with Gasteiger partial charge in [-0.05, 0) is 24.7 Å². The summed E-state index contributed by atoms with van der Waals surface area (Å²) in [7, 11) is 3.18. The van der Waals surface area contributed by atoms with E-state index in [1.165, 1.54) is 0 Å². The van der Waals surface area contributed by atoms with Crippen LogP contribution in [0.15, 0.2) is 12.1 Å². The molecule has 0 spiro atoms. The van der Waals surface area contributed by atoms with Gasteiger partial charge in [0.1, 0.15) is 0 Å². The van der Waals surface area contributed by atoms with E-state index in [0.29, 0.717) is 27.8 Å². The SMILES string of the molecule is CCCc1n[nH]c(=S)n1NCc1cc(Cl)cc(OC)c1OC. The maximum Gasteiger partial charge on any atom is 0.214 e. The summed E-state index contributed by atoms with van der Waals surface area (Å²) in [6.07, 6.45) is 1.81. The van der Waals surface area contributed by atoms with E-state index in [1.54, 1.807) is 25.0 Å². The molecule has 1 aromatic heterocycles. The summed E-state index contributed by atoms with van der Waals surface area (Å²) in [4.78, 5) is 0. The Morgan fingerprint density at radius 1 is 1.36 bits per heavy atom. The molecule has 0 saturated heterocycles. The largest absolute Gasteiger partial charge is 0.493 e. The summed E-state index contributed by atoms with van der Waals surface area (Å²) in [5, 5.41) is 7.59. The van der Waals surface area contributed by atoms with E-state index >= 15 is 0 Å². The zero-order chi connectivity index (χ0) is 16.1. The van der Waals surface area contributed by atoms with E-state index in [2.05, 4.69) is 22.5 Å². The van der Waals surface area contributed by atoms with Gasteiger partial charge in [0, 0.05) is 23.1 Å². The van der Waals surface area contributed by atoms with Crippen molar-refractivity contribution in [2.45, 2.75) is 26.3 Å². The zero-order valence-electron chi connectivity index (χ0n) is 12.8. The summed E-state index contributed by atoms with van der Waals surface area (Å²) in [5.74, 6) is 2.10. The fourth-order valence-corrected chi connectivity index (χ4v) is 2.63. The third-order valence-corrected chi connectivity index (χ3v) is 3.66. The number of aromatic nitrogens is 3. The molecule has 120 valence electrons. The fourth-order valence-electron chi connectivity index (χ4n) is 2.19. The third-order valence-electron chi connectivity index (χ3n) is 3.16. The number of hydrogen-bond donors (Lipinski definition) is 2. The van der Waals surface area contributed by atoms with E-state index in [9.17, 15) is 0 Å². The summed E-state index contributed by atoms with van der Waals surface area (Å²) < 4.78 is 13.0. The molecule has 0 aliphatic rings. The lowest BCUT2D eigenvalue weighted by Gasteiger charge is -2.15. The third kappa shape index (κ3) is 3.53. The molecule has 0 saturated carbocycles. The number of nitrogens with one attached hydrogen (secondary N) is 2. The maximum absolute atomic E-state index is 6.12. The van der Waals surface area contributed by atoms with Crippen LogP contribution in [0.4, 0.5) is 0 Å². The minimum Gasteiger partial charge on any atom is -0.493 e. The number of aryl methyl sites for hydroxylation is 1. The Labute approximate surface area is 139 Å². The molecule has 0 aliphatic heterocycles. The van der Waals surface area contributed by atoms with Crippen LogP contribution in [0.2, 0.25) is 5.02 Å². The van der Waals surface area contributed by atoms with Gasteiger partial charge in [-0.25, -0.2) is 4.68 Å². The molecular formula is C14H19ClN4O2S. The summed E-state index contributed by atoms with van der Waals surface area (Å²) in [5.41, 5.74) is 4.11. The lowest BCUT2D eigenvalue weighted by atomic mass is 10.2. The summed E-state index contributed by atoms with van der Waals surface area (Å²) >= 11 is 11.4. The van der Waals surface area contributed by atoms with Crippen molar-refractivity contribution in [3.05, 3.63) is 33.3 Å². The highest BCUT2D eigenvalue weighted by Gasteiger charge is 2.13. The van der Waals surface area contributed by atoms with Gasteiger partial charge >= 0.3 is 0 Å². The molecule has 0 unspecified atom stereocenters. The Morgan fingerprint density at radius 2 is 2.14 bits per heavy atom. The maximum atomic E-state index is 6.12. The van der Waals surface area contributed by atoms with Crippen LogP contribution < -0.4 is 14.9 Å². The average Bonchev–Trinajstić information content (AvgIpc) is 2.85. The molecule has 2 N–H and O–H groups in total. The Morgan fingerprint density at radius 3 is 2.77 bits per heavy atom. The molecule has 0 atom stereocenters. The fraction of sp³-hybridized carbons (Fsp3) is 0.429. The van der Waals surface area contributed by atoms with E-state index < -0.39 is 0 Å². The predicted octanol–water partition coefficient (Wildman–Crippen LogP) is 3.31. The molecule has 0 amide bonds. The van der Waals surface area contributed by atoms with Crippen molar-refractivity contribution in [3.63, 3.8) is 0 Å². The Balaban J connectivity index is 2.27. The lowest BCUT2D eigenvalue weighted by Crippen LogP contribution is -2.18. The molecule has 6 nitrogen and oxygen atoms in total. The Hall–Kier alpha value is -1.73. The van der Waals surface area contributed by atoms with Crippen LogP contribution in [0.25, 0.3) is 0 Å². The van der Waals surface area contributed by atoms with Crippen molar-refractivity contribution < 1.29 is 9.47 Å². The summed E-state index contributed by atoms with van der Waals surface area (Å²) in [6, 6.07) is 3.55. The second-order valence-electron chi connectivity index (χ2n) is 4.67. The number of H-pyrrole nitrogens is 1. The first-order valence-electron chi connectivity index (χ1n) is 6.91. The average molecular weight is 343 g/mol. The van der Waals surface area contributed by atoms with E-state index in [-0.39, 0.29) is 0 Å². The second-order valence-corrected chi connectivity index (χ2v) is 5.49. The first-order chi connectivity index (χ1) is 10.6. The van der Waals surface area contributed by atoms with E-state index in [1.807, 2.05) is 6.07 Å². The van der Waals surface area contributed by atoms with Gasteiger partial charge in [-0.1, -0.05) is 18.5 Å². The molecule has 0 aliphatic carbocycles. The van der Waals surface area contributed by atoms with Crippen LogP contribution in [0.3, 0.4) is 0 Å². The molecule has 8 heteroatoms. The van der Waals surface area contributed by atoms with Gasteiger partial charge in [0.25, 0.3) is 0 Å². The van der Waals surface area contributed by atoms with Crippen molar-refractivity contribution >= 4 is 23.8 Å². The topological polar surface area (TPSA) is 64.1 Å². The number of halogens is 1. The number of benzene rings is 1. The van der Waals surface area contributed by atoms with Gasteiger partial charge in [0.15, 0.2) is 17.3 Å². The molecule has 0 radical (unpaired) electrons. The number of rotatable bonds is 7. The highest BCUT2D eigenvalue weighted by atomic mass is 35.5. The molecule has 1 aromatic carbocycles. The van der Waals surface area contributed by atoms with Gasteiger partial charge in [0.05, 0.1) is 20.8 Å². The minimum absolute atomic E-state index is 0.477. The highest BCUT2D eigenvalue weighted by molar-refractivity contribution is 7.71. The van der Waals surface area contributed by atoms with Crippen LogP contribution in [0.1, 0.15) is 24.7 Å². The number of hydrogen-bond acceptors (Lipinski definition) is 5. The minimum atomic E-state index is 0.477. The monoisotopic (exact) mass is 342 g/mol. The smallest absolute Gasteiger partial charge is 0.214 e. The summed E-state index contributed by atoms with van der Waals surface area (Å²) in [6.45, 7) is 2.57. The van der Waals surface area contributed by atoms with Crippen LogP contribution in [0, 0.1) is 4.77 Å². The van der Waals surface area contributed by atoms with E-state index in [0.717, 1.165) is 24.2 Å². The Kier molecular flexibility index (Phi) is 5.68. The van der Waals surface area contributed by atoms with Crippen LogP contribution >= 0.6 is 23.8 Å². The number of nitrogens with zero attached hydrogens (tertiary/aromatic N) is 2. The van der Waals surface area contributed by atoms with Crippen molar-refractivity contribution in [3.8, 4) is 11.5 Å². The first kappa shape index (κ1) is 16.6. The van der Waals surface area contributed by atoms with E-state index in [4.69, 9.17) is 33.3 Å². The molecule has 22 heavy (non-hydrogen) atoms. The van der Waals surface area contributed by atoms with Crippen LogP contribution in [-0.2, 0) is 13.0 Å². The quantitative estimate of drug-likeness (QED) is 0.756. The number of methoxy groups -OCH3 is 2. The highest BCUT2D eigenvalue weighted by Crippen LogP contribution is 2.34. The zero-order valence-corrected chi connectivity index (χ0v) is 14.3. The molecule has 2 aromatic rings. The molecule has 0 bridgehead atoms. The van der Waals surface area contributed by atoms with Crippen LogP contribution in [-0.4, -0.2) is 29.1 Å². The van der Waals surface area contributed by atoms with Crippen LogP contribution in [0.5, 0.6) is 11.5 Å². The lowest BCUT2D eigenvalue weighted by molar-refractivity contribution is 0.352. The van der Waals surface area contributed by atoms with Gasteiger partial charge in [-0.2, -0.15) is 5.10 Å². The second kappa shape index (κ2) is 7.51. The van der Waals surface area contributed by atoms with Gasteiger partial charge in [-0.3, -0.25) is 5.10 Å². The van der Waals surface area contributed by atoms with Gasteiger partial charge < -0.3 is 14.9 Å². The predicted molar refractivity (Wildman–Crippen MR) is 89.0 cm³/mol. The molecule has 2 rings (SSSR count). The van der Waals surface area contributed by atoms with Gasteiger partial charge in [-0.15, -0.1) is 0 Å². The first-order valence-corrected chi connectivity index (χ1v) is 7.69. The standard InChI is InChI=1S/C14H19ClN4O2S/c1-4-5-12-17-18-14(22)19(12)16-8-9-6-10(15)7-11(20-2)13(9)21-3/h6-7,16H,4-5,8H2,1-3H3,(H,18,22). The Bertz CT molecular complexity index is 699. The van der Waals surface area contributed by atoms with Gasteiger partial charge in [0.2, 0.25) is 4.77 Å². The van der Waals surface area contributed by atoms with Crippen molar-refractivity contribution in [2.24, 2.45) is 0 Å². The number of aromatic amines is 1. The normalized spacial score (nSPS) is 10.5. The number of ether oxygens (including phenoxy) is 2. The van der Waals surface area contributed by atoms with Crippen molar-refractivity contribution in [2.75, 3.05) is 19.6 Å². The van der Waals surface area contributed by atoms with Crippen molar-refractivity contribution in [1.82, 2.24) is 14.9 Å². The molecule has 1 heterocycles. The molecule has 0 fully saturated rings. The van der Waals surface area contributed by atoms with Crippen molar-refractivity contribution in [1.29, 1.82) is 0 Å².